The highest BCUT2D eigenvalue weighted by Gasteiger charge is 2.09. The predicted octanol–water partition coefficient (Wildman–Crippen LogP) is 3.00. The summed E-state index contributed by atoms with van der Waals surface area (Å²) < 4.78 is 0. The van der Waals surface area contributed by atoms with Crippen molar-refractivity contribution < 1.29 is 4.79 Å². The van der Waals surface area contributed by atoms with Gasteiger partial charge in [0.25, 0.3) is 5.91 Å². The molecule has 6 heteroatoms. The summed E-state index contributed by atoms with van der Waals surface area (Å²) >= 11 is 0. The van der Waals surface area contributed by atoms with E-state index in [-0.39, 0.29) is 5.91 Å². The minimum absolute atomic E-state index is 0.171. The number of aromatic amines is 1. The molecule has 0 unspecified atom stereocenters. The summed E-state index contributed by atoms with van der Waals surface area (Å²) in [5.74, 6) is 0.889. The molecule has 0 aliphatic heterocycles. The molecule has 25 heavy (non-hydrogen) atoms. The highest BCUT2D eigenvalue weighted by Crippen LogP contribution is 2.18. The van der Waals surface area contributed by atoms with Crippen molar-refractivity contribution in [2.45, 2.75) is 20.3 Å². The van der Waals surface area contributed by atoms with Gasteiger partial charge in [0.05, 0.1) is 0 Å². The van der Waals surface area contributed by atoms with Gasteiger partial charge in [0.1, 0.15) is 17.8 Å². The molecule has 0 aliphatic carbocycles. The van der Waals surface area contributed by atoms with E-state index in [0.29, 0.717) is 24.0 Å². The van der Waals surface area contributed by atoms with Crippen molar-refractivity contribution in [2.24, 2.45) is 5.92 Å². The zero-order valence-electron chi connectivity index (χ0n) is 14.5. The number of nitrogens with one attached hydrogen (secondary N) is 3. The molecular formula is C19H23N5O. The number of carbonyl (C=O) groups excluding carboxylic acids is 1. The summed E-state index contributed by atoms with van der Waals surface area (Å²) in [5, 5.41) is 7.36. The summed E-state index contributed by atoms with van der Waals surface area (Å²) in [7, 11) is 0. The average Bonchev–Trinajstić information content (AvgIpc) is 3.03. The number of amides is 1. The van der Waals surface area contributed by atoms with Crippen LogP contribution in [0, 0.1) is 5.92 Å². The summed E-state index contributed by atoms with van der Waals surface area (Å²) in [5.41, 5.74) is 2.78. The van der Waals surface area contributed by atoms with E-state index in [1.807, 2.05) is 18.3 Å². The van der Waals surface area contributed by atoms with E-state index in [9.17, 15) is 4.79 Å². The third kappa shape index (κ3) is 4.35. The van der Waals surface area contributed by atoms with Crippen LogP contribution < -0.4 is 10.6 Å². The molecule has 0 spiro atoms. The van der Waals surface area contributed by atoms with E-state index in [2.05, 4.69) is 51.6 Å². The minimum Gasteiger partial charge on any atom is -0.370 e. The number of hydrogen-bond acceptors (Lipinski definition) is 4. The Labute approximate surface area is 147 Å². The first-order valence-corrected chi connectivity index (χ1v) is 8.52. The quantitative estimate of drug-likeness (QED) is 0.619. The van der Waals surface area contributed by atoms with Crippen LogP contribution in [-0.2, 0) is 6.42 Å². The van der Waals surface area contributed by atoms with Gasteiger partial charge < -0.3 is 15.6 Å². The standard InChI is InChI=1S/C19H23N5O/c1-13(2)10-22-19(25)17-9-18(24-12-23-17)20-8-7-14-11-21-16-6-4-3-5-15(14)16/h3-6,9,11-13,21H,7-8,10H2,1-2H3,(H,22,25)(H,20,23,24). The Kier molecular flexibility index (Phi) is 5.28. The summed E-state index contributed by atoms with van der Waals surface area (Å²) in [6.45, 7) is 5.47. The zero-order valence-corrected chi connectivity index (χ0v) is 14.5. The Morgan fingerprint density at radius 2 is 2.08 bits per heavy atom. The Bertz CT molecular complexity index is 856. The molecule has 3 aromatic rings. The first-order chi connectivity index (χ1) is 12.1. The van der Waals surface area contributed by atoms with Gasteiger partial charge in [-0.2, -0.15) is 0 Å². The van der Waals surface area contributed by atoms with Gasteiger partial charge in [-0.05, 0) is 24.0 Å². The Hall–Kier alpha value is -2.89. The van der Waals surface area contributed by atoms with E-state index in [1.165, 1.54) is 17.3 Å². The lowest BCUT2D eigenvalue weighted by Crippen LogP contribution is -2.28. The molecule has 3 N–H and O–H groups in total. The Morgan fingerprint density at radius 1 is 1.24 bits per heavy atom. The lowest BCUT2D eigenvalue weighted by molar-refractivity contribution is 0.0944. The Balaban J connectivity index is 1.58. The monoisotopic (exact) mass is 337 g/mol. The smallest absolute Gasteiger partial charge is 0.270 e. The van der Waals surface area contributed by atoms with Crippen molar-refractivity contribution in [1.29, 1.82) is 0 Å². The molecule has 1 amide bonds. The maximum absolute atomic E-state index is 12.1. The van der Waals surface area contributed by atoms with Crippen LogP contribution in [0.1, 0.15) is 29.9 Å². The highest BCUT2D eigenvalue weighted by atomic mass is 16.1. The molecule has 0 bridgehead atoms. The first kappa shape index (κ1) is 17.0. The molecule has 130 valence electrons. The molecule has 0 saturated carbocycles. The second kappa shape index (κ2) is 7.79. The molecule has 0 atom stereocenters. The number of anilines is 1. The minimum atomic E-state index is -0.171. The van der Waals surface area contributed by atoms with E-state index >= 15 is 0 Å². The second-order valence-corrected chi connectivity index (χ2v) is 6.43. The van der Waals surface area contributed by atoms with Gasteiger partial charge in [0.2, 0.25) is 0 Å². The topological polar surface area (TPSA) is 82.7 Å². The van der Waals surface area contributed by atoms with Crippen LogP contribution in [0.4, 0.5) is 5.82 Å². The molecular weight excluding hydrogens is 314 g/mol. The van der Waals surface area contributed by atoms with Crippen molar-refractivity contribution in [2.75, 3.05) is 18.4 Å². The van der Waals surface area contributed by atoms with Crippen LogP contribution in [0.2, 0.25) is 0 Å². The number of nitrogens with zero attached hydrogens (tertiary/aromatic N) is 2. The van der Waals surface area contributed by atoms with Gasteiger partial charge in [0, 0.05) is 36.3 Å². The van der Waals surface area contributed by atoms with Crippen molar-refractivity contribution in [3.05, 3.63) is 54.1 Å². The summed E-state index contributed by atoms with van der Waals surface area (Å²) in [6, 6.07) is 9.93. The largest absolute Gasteiger partial charge is 0.370 e. The molecule has 0 fully saturated rings. The van der Waals surface area contributed by atoms with E-state index in [0.717, 1.165) is 18.5 Å². The fourth-order valence-electron chi connectivity index (χ4n) is 2.63. The number of hydrogen-bond donors (Lipinski definition) is 3. The number of benzene rings is 1. The van der Waals surface area contributed by atoms with Crippen LogP contribution in [0.5, 0.6) is 0 Å². The van der Waals surface area contributed by atoms with Gasteiger partial charge in [-0.1, -0.05) is 32.0 Å². The molecule has 0 aliphatic rings. The normalized spacial score (nSPS) is 11.0. The lowest BCUT2D eigenvalue weighted by Gasteiger charge is -2.09. The predicted molar refractivity (Wildman–Crippen MR) is 99.7 cm³/mol. The van der Waals surface area contributed by atoms with E-state index in [1.54, 1.807) is 6.07 Å². The van der Waals surface area contributed by atoms with Crippen molar-refractivity contribution >= 4 is 22.6 Å². The second-order valence-electron chi connectivity index (χ2n) is 6.43. The number of para-hydroxylation sites is 1. The highest BCUT2D eigenvalue weighted by molar-refractivity contribution is 5.92. The number of fused-ring (bicyclic) bond motifs is 1. The van der Waals surface area contributed by atoms with Crippen LogP contribution >= 0.6 is 0 Å². The van der Waals surface area contributed by atoms with Gasteiger partial charge >= 0.3 is 0 Å². The molecule has 2 aromatic heterocycles. The molecule has 0 saturated heterocycles. The van der Waals surface area contributed by atoms with Gasteiger partial charge in [-0.15, -0.1) is 0 Å². The average molecular weight is 337 g/mol. The third-order valence-corrected chi connectivity index (χ3v) is 3.95. The van der Waals surface area contributed by atoms with Crippen LogP contribution in [0.15, 0.2) is 42.9 Å². The third-order valence-electron chi connectivity index (χ3n) is 3.95. The van der Waals surface area contributed by atoms with Crippen molar-refractivity contribution in [3.8, 4) is 0 Å². The zero-order chi connectivity index (χ0) is 17.6. The molecule has 3 rings (SSSR count). The van der Waals surface area contributed by atoms with Gasteiger partial charge in [-0.25, -0.2) is 9.97 Å². The number of rotatable bonds is 7. The van der Waals surface area contributed by atoms with E-state index < -0.39 is 0 Å². The molecule has 1 aromatic carbocycles. The SMILES string of the molecule is CC(C)CNC(=O)c1cc(NCCc2c[nH]c3ccccc23)ncn1. The Morgan fingerprint density at radius 3 is 2.92 bits per heavy atom. The number of carbonyl (C=O) groups is 1. The van der Waals surface area contributed by atoms with Crippen LogP contribution in [0.3, 0.4) is 0 Å². The molecule has 0 radical (unpaired) electrons. The fraction of sp³-hybridized carbons (Fsp3) is 0.316. The van der Waals surface area contributed by atoms with E-state index in [4.69, 9.17) is 0 Å². The van der Waals surface area contributed by atoms with Gasteiger partial charge in [0.15, 0.2) is 0 Å². The van der Waals surface area contributed by atoms with Crippen molar-refractivity contribution in [1.82, 2.24) is 20.3 Å². The first-order valence-electron chi connectivity index (χ1n) is 8.52. The maximum Gasteiger partial charge on any atom is 0.270 e. The maximum atomic E-state index is 12.1. The lowest BCUT2D eigenvalue weighted by atomic mass is 10.1. The fourth-order valence-corrected chi connectivity index (χ4v) is 2.63. The number of aromatic nitrogens is 3. The number of H-pyrrole nitrogens is 1. The van der Waals surface area contributed by atoms with Gasteiger partial charge in [-0.3, -0.25) is 4.79 Å². The summed E-state index contributed by atoms with van der Waals surface area (Å²) in [6.07, 6.45) is 4.32. The molecule has 6 nitrogen and oxygen atoms in total. The van der Waals surface area contributed by atoms with Crippen molar-refractivity contribution in [3.63, 3.8) is 0 Å². The van der Waals surface area contributed by atoms with Crippen LogP contribution in [0.25, 0.3) is 10.9 Å². The summed E-state index contributed by atoms with van der Waals surface area (Å²) in [4.78, 5) is 23.6. The molecule has 2 heterocycles. The van der Waals surface area contributed by atoms with Crippen LogP contribution in [-0.4, -0.2) is 33.9 Å².